The molecule has 0 radical (unpaired) electrons. The van der Waals surface area contributed by atoms with Gasteiger partial charge in [0.05, 0.1) is 11.6 Å². The first-order valence-electron chi connectivity index (χ1n) is 6.65. The second kappa shape index (κ2) is 5.26. The van der Waals surface area contributed by atoms with Gasteiger partial charge in [0, 0.05) is 19.0 Å². The van der Waals surface area contributed by atoms with Crippen molar-refractivity contribution in [3.63, 3.8) is 0 Å². The third-order valence-corrected chi connectivity index (χ3v) is 3.81. The van der Waals surface area contributed by atoms with Crippen LogP contribution >= 0.6 is 0 Å². The van der Waals surface area contributed by atoms with Crippen molar-refractivity contribution < 1.29 is 0 Å². The first-order valence-corrected chi connectivity index (χ1v) is 6.65. The van der Waals surface area contributed by atoms with Crippen LogP contribution < -0.4 is 5.32 Å². The van der Waals surface area contributed by atoms with Crippen LogP contribution in [0.1, 0.15) is 28.2 Å². The van der Waals surface area contributed by atoms with E-state index in [1.165, 1.54) is 17.5 Å². The summed E-state index contributed by atoms with van der Waals surface area (Å²) < 4.78 is 0. The number of hydrogen-bond donors (Lipinski definition) is 1. The van der Waals surface area contributed by atoms with Crippen molar-refractivity contribution >= 4 is 0 Å². The SMILES string of the molecule is N#Cc1ccccc1CNCC1Cc2ccccc21. The molecule has 0 spiro atoms. The minimum Gasteiger partial charge on any atom is -0.312 e. The summed E-state index contributed by atoms with van der Waals surface area (Å²) in [6, 6.07) is 18.6. The van der Waals surface area contributed by atoms with E-state index in [4.69, 9.17) is 5.26 Å². The Labute approximate surface area is 113 Å². The molecule has 1 aliphatic rings. The Kier molecular flexibility index (Phi) is 3.31. The van der Waals surface area contributed by atoms with E-state index in [9.17, 15) is 0 Å². The predicted octanol–water partition coefficient (Wildman–Crippen LogP) is 2.99. The van der Waals surface area contributed by atoms with Gasteiger partial charge < -0.3 is 5.32 Å². The van der Waals surface area contributed by atoms with Gasteiger partial charge in [-0.1, -0.05) is 42.5 Å². The molecule has 1 atom stereocenters. The van der Waals surface area contributed by atoms with Gasteiger partial charge in [0.15, 0.2) is 0 Å². The van der Waals surface area contributed by atoms with Gasteiger partial charge in [-0.3, -0.25) is 0 Å². The zero-order valence-electron chi connectivity index (χ0n) is 10.8. The summed E-state index contributed by atoms with van der Waals surface area (Å²) in [5.41, 5.74) is 4.80. The molecule has 0 saturated carbocycles. The summed E-state index contributed by atoms with van der Waals surface area (Å²) in [6.45, 7) is 1.75. The zero-order chi connectivity index (χ0) is 13.1. The highest BCUT2D eigenvalue weighted by Gasteiger charge is 2.24. The van der Waals surface area contributed by atoms with Gasteiger partial charge in [0.1, 0.15) is 0 Å². The Morgan fingerprint density at radius 3 is 2.74 bits per heavy atom. The Hall–Kier alpha value is -2.11. The van der Waals surface area contributed by atoms with Gasteiger partial charge in [0.25, 0.3) is 0 Å². The summed E-state index contributed by atoms with van der Waals surface area (Å²) >= 11 is 0. The highest BCUT2D eigenvalue weighted by atomic mass is 14.9. The quantitative estimate of drug-likeness (QED) is 0.903. The van der Waals surface area contributed by atoms with Crippen LogP contribution in [0.4, 0.5) is 0 Å². The van der Waals surface area contributed by atoms with Gasteiger partial charge >= 0.3 is 0 Å². The molecule has 94 valence electrons. The van der Waals surface area contributed by atoms with Gasteiger partial charge in [0.2, 0.25) is 0 Å². The second-order valence-corrected chi connectivity index (χ2v) is 5.00. The van der Waals surface area contributed by atoms with E-state index in [1.807, 2.05) is 24.3 Å². The van der Waals surface area contributed by atoms with Crippen molar-refractivity contribution in [2.75, 3.05) is 6.54 Å². The molecule has 0 aliphatic heterocycles. The third-order valence-electron chi connectivity index (χ3n) is 3.81. The van der Waals surface area contributed by atoms with Crippen molar-refractivity contribution in [3.8, 4) is 6.07 Å². The van der Waals surface area contributed by atoms with Crippen molar-refractivity contribution in [2.24, 2.45) is 0 Å². The minimum absolute atomic E-state index is 0.630. The van der Waals surface area contributed by atoms with Crippen LogP contribution in [0.5, 0.6) is 0 Å². The molecule has 2 aromatic rings. The number of nitrogens with one attached hydrogen (secondary N) is 1. The fourth-order valence-electron chi connectivity index (χ4n) is 2.71. The van der Waals surface area contributed by atoms with Crippen LogP contribution in [0.15, 0.2) is 48.5 Å². The Bertz CT molecular complexity index is 625. The lowest BCUT2D eigenvalue weighted by molar-refractivity contribution is 0.535. The molecule has 0 aromatic heterocycles. The van der Waals surface area contributed by atoms with Gasteiger partial charge in [-0.05, 0) is 29.2 Å². The average Bonchev–Trinajstić information content (AvgIpc) is 2.44. The topological polar surface area (TPSA) is 35.8 Å². The van der Waals surface area contributed by atoms with E-state index in [1.54, 1.807) is 0 Å². The minimum atomic E-state index is 0.630. The fourth-order valence-corrected chi connectivity index (χ4v) is 2.71. The molecule has 0 heterocycles. The Morgan fingerprint density at radius 2 is 1.89 bits per heavy atom. The molecule has 1 aliphatic carbocycles. The molecule has 0 amide bonds. The first kappa shape index (κ1) is 12.0. The predicted molar refractivity (Wildman–Crippen MR) is 75.8 cm³/mol. The summed E-state index contributed by atoms with van der Waals surface area (Å²) in [7, 11) is 0. The summed E-state index contributed by atoms with van der Waals surface area (Å²) in [4.78, 5) is 0. The number of hydrogen-bond acceptors (Lipinski definition) is 2. The van der Waals surface area contributed by atoms with E-state index in [-0.39, 0.29) is 0 Å². The fraction of sp³-hybridized carbons (Fsp3) is 0.235. The lowest BCUT2D eigenvalue weighted by Gasteiger charge is -2.30. The summed E-state index contributed by atoms with van der Waals surface area (Å²) in [5.74, 6) is 0.630. The molecule has 19 heavy (non-hydrogen) atoms. The number of benzene rings is 2. The number of nitriles is 1. The lowest BCUT2D eigenvalue weighted by Crippen LogP contribution is -2.28. The Balaban J connectivity index is 1.57. The molecule has 2 aromatic carbocycles. The normalized spacial score (nSPS) is 16.3. The third kappa shape index (κ3) is 2.38. The van der Waals surface area contributed by atoms with Crippen molar-refractivity contribution in [1.29, 1.82) is 5.26 Å². The standard InChI is InChI=1S/C17H16N2/c18-10-14-6-1-2-7-15(14)11-19-12-16-9-13-5-3-4-8-17(13)16/h1-8,16,19H,9,11-12H2. The molecule has 0 bridgehead atoms. The average molecular weight is 248 g/mol. The van der Waals surface area contributed by atoms with Gasteiger partial charge in [-0.15, -0.1) is 0 Å². The maximum Gasteiger partial charge on any atom is 0.0995 e. The monoisotopic (exact) mass is 248 g/mol. The molecule has 2 heteroatoms. The van der Waals surface area contributed by atoms with E-state index in [0.717, 1.165) is 24.2 Å². The van der Waals surface area contributed by atoms with Crippen LogP contribution in [0.2, 0.25) is 0 Å². The molecule has 1 N–H and O–H groups in total. The zero-order valence-corrected chi connectivity index (χ0v) is 10.8. The maximum atomic E-state index is 9.04. The van der Waals surface area contributed by atoms with Crippen molar-refractivity contribution in [1.82, 2.24) is 5.32 Å². The van der Waals surface area contributed by atoms with Gasteiger partial charge in [-0.2, -0.15) is 5.26 Å². The van der Waals surface area contributed by atoms with Crippen LogP contribution in [0.25, 0.3) is 0 Å². The van der Waals surface area contributed by atoms with Crippen LogP contribution in [-0.4, -0.2) is 6.54 Å². The number of rotatable bonds is 4. The lowest BCUT2D eigenvalue weighted by atomic mass is 9.77. The smallest absolute Gasteiger partial charge is 0.0995 e. The van der Waals surface area contributed by atoms with E-state index in [2.05, 4.69) is 35.7 Å². The molecular formula is C17H16N2. The molecule has 0 fully saturated rings. The van der Waals surface area contributed by atoms with Crippen LogP contribution in [0.3, 0.4) is 0 Å². The Morgan fingerprint density at radius 1 is 1.11 bits per heavy atom. The highest BCUT2D eigenvalue weighted by molar-refractivity contribution is 5.40. The second-order valence-electron chi connectivity index (χ2n) is 5.00. The number of fused-ring (bicyclic) bond motifs is 1. The molecular weight excluding hydrogens is 232 g/mol. The summed E-state index contributed by atoms with van der Waals surface area (Å²) in [5, 5.41) is 12.5. The van der Waals surface area contributed by atoms with Gasteiger partial charge in [-0.25, -0.2) is 0 Å². The van der Waals surface area contributed by atoms with E-state index in [0.29, 0.717) is 5.92 Å². The van der Waals surface area contributed by atoms with E-state index >= 15 is 0 Å². The molecule has 0 saturated heterocycles. The molecule has 1 unspecified atom stereocenters. The molecule has 2 nitrogen and oxygen atoms in total. The largest absolute Gasteiger partial charge is 0.312 e. The molecule has 3 rings (SSSR count). The number of nitrogens with zero attached hydrogens (tertiary/aromatic N) is 1. The summed E-state index contributed by atoms with van der Waals surface area (Å²) in [6.07, 6.45) is 1.17. The first-order chi connectivity index (χ1) is 9.38. The van der Waals surface area contributed by atoms with Crippen molar-refractivity contribution in [3.05, 3.63) is 70.8 Å². The highest BCUT2D eigenvalue weighted by Crippen LogP contribution is 2.34. The van der Waals surface area contributed by atoms with E-state index < -0.39 is 0 Å². The van der Waals surface area contributed by atoms with Crippen LogP contribution in [0, 0.1) is 11.3 Å². The van der Waals surface area contributed by atoms with Crippen molar-refractivity contribution in [2.45, 2.75) is 18.9 Å². The maximum absolute atomic E-state index is 9.04. The van der Waals surface area contributed by atoms with Crippen LogP contribution in [-0.2, 0) is 13.0 Å².